The van der Waals surface area contributed by atoms with E-state index in [1.54, 1.807) is 48.8 Å². The van der Waals surface area contributed by atoms with Crippen molar-refractivity contribution < 1.29 is 14.1 Å². The fraction of sp³-hybridized carbons (Fsp3) is 0.250. The van der Waals surface area contributed by atoms with Gasteiger partial charge in [0, 0.05) is 48.6 Å². The number of benzene rings is 1. The van der Waals surface area contributed by atoms with Gasteiger partial charge < -0.3 is 15.2 Å². The Labute approximate surface area is 162 Å². The Bertz CT molecular complexity index is 923. The minimum absolute atomic E-state index is 0.124. The van der Waals surface area contributed by atoms with E-state index in [1.807, 2.05) is 6.92 Å². The summed E-state index contributed by atoms with van der Waals surface area (Å²) in [6.45, 7) is 2.63. The first-order valence-electron chi connectivity index (χ1n) is 9.07. The molecule has 0 saturated heterocycles. The van der Waals surface area contributed by atoms with Crippen LogP contribution in [0.15, 0.2) is 53.3 Å². The molecule has 0 radical (unpaired) electrons. The largest absolute Gasteiger partial charge is 0.352 e. The lowest BCUT2D eigenvalue weighted by atomic mass is 10.2. The molecule has 3 rings (SSSR count). The Kier molecular flexibility index (Phi) is 6.46. The first-order valence-corrected chi connectivity index (χ1v) is 9.07. The lowest BCUT2D eigenvalue weighted by Gasteiger charge is -2.06. The third-order valence-corrected chi connectivity index (χ3v) is 3.94. The first-order chi connectivity index (χ1) is 13.7. The number of pyridine rings is 1. The SMILES string of the molecule is CCCNC(=O)c1ccc(NC(=O)CCc2nc(-c3ccncc3)no2)cc1. The molecule has 3 aromatic rings. The van der Waals surface area contributed by atoms with Crippen molar-refractivity contribution in [3.8, 4) is 11.4 Å². The number of carbonyl (C=O) groups excluding carboxylic acids is 2. The van der Waals surface area contributed by atoms with Crippen molar-refractivity contribution in [2.75, 3.05) is 11.9 Å². The van der Waals surface area contributed by atoms with Gasteiger partial charge in [-0.1, -0.05) is 12.1 Å². The summed E-state index contributed by atoms with van der Waals surface area (Å²) in [5, 5.41) is 9.51. The Hall–Kier alpha value is -3.55. The van der Waals surface area contributed by atoms with Gasteiger partial charge in [0.25, 0.3) is 5.91 Å². The van der Waals surface area contributed by atoms with E-state index in [-0.39, 0.29) is 18.2 Å². The van der Waals surface area contributed by atoms with Crippen LogP contribution >= 0.6 is 0 Å². The van der Waals surface area contributed by atoms with E-state index in [0.29, 0.717) is 35.9 Å². The lowest BCUT2D eigenvalue weighted by molar-refractivity contribution is -0.116. The van der Waals surface area contributed by atoms with Crippen LogP contribution in [-0.2, 0) is 11.2 Å². The second-order valence-corrected chi connectivity index (χ2v) is 6.13. The van der Waals surface area contributed by atoms with E-state index in [0.717, 1.165) is 12.0 Å². The summed E-state index contributed by atoms with van der Waals surface area (Å²) < 4.78 is 5.19. The maximum Gasteiger partial charge on any atom is 0.251 e. The topological polar surface area (TPSA) is 110 Å². The summed E-state index contributed by atoms with van der Waals surface area (Å²) in [5.74, 6) is 0.563. The van der Waals surface area contributed by atoms with Gasteiger partial charge in [-0.2, -0.15) is 4.98 Å². The van der Waals surface area contributed by atoms with Crippen molar-refractivity contribution in [1.82, 2.24) is 20.4 Å². The molecule has 8 heteroatoms. The molecular formula is C20H21N5O3. The molecule has 2 amide bonds. The zero-order valence-electron chi connectivity index (χ0n) is 15.5. The predicted molar refractivity (Wildman–Crippen MR) is 104 cm³/mol. The number of anilines is 1. The fourth-order valence-electron chi connectivity index (χ4n) is 2.46. The minimum Gasteiger partial charge on any atom is -0.352 e. The second-order valence-electron chi connectivity index (χ2n) is 6.13. The number of aryl methyl sites for hydroxylation is 1. The highest BCUT2D eigenvalue weighted by molar-refractivity contribution is 5.95. The molecular weight excluding hydrogens is 358 g/mol. The number of carbonyl (C=O) groups is 2. The van der Waals surface area contributed by atoms with Crippen LogP contribution in [0.1, 0.15) is 36.0 Å². The Morgan fingerprint density at radius 2 is 1.82 bits per heavy atom. The zero-order chi connectivity index (χ0) is 19.8. The average Bonchev–Trinajstić information content (AvgIpc) is 3.21. The normalized spacial score (nSPS) is 10.5. The van der Waals surface area contributed by atoms with Crippen LogP contribution in [0.2, 0.25) is 0 Å². The highest BCUT2D eigenvalue weighted by Crippen LogP contribution is 2.15. The first kappa shape index (κ1) is 19.2. The van der Waals surface area contributed by atoms with Gasteiger partial charge in [-0.15, -0.1) is 0 Å². The Morgan fingerprint density at radius 3 is 2.54 bits per heavy atom. The molecule has 0 bridgehead atoms. The molecule has 8 nitrogen and oxygen atoms in total. The summed E-state index contributed by atoms with van der Waals surface area (Å²) in [5.41, 5.74) is 1.98. The van der Waals surface area contributed by atoms with Crippen molar-refractivity contribution in [3.05, 3.63) is 60.2 Å². The number of rotatable bonds is 8. The van der Waals surface area contributed by atoms with Gasteiger partial charge in [-0.3, -0.25) is 14.6 Å². The Morgan fingerprint density at radius 1 is 1.07 bits per heavy atom. The average molecular weight is 379 g/mol. The summed E-state index contributed by atoms with van der Waals surface area (Å²) in [4.78, 5) is 32.2. The van der Waals surface area contributed by atoms with Crippen molar-refractivity contribution in [2.24, 2.45) is 0 Å². The van der Waals surface area contributed by atoms with E-state index in [2.05, 4.69) is 25.8 Å². The lowest BCUT2D eigenvalue weighted by Crippen LogP contribution is -2.23. The number of hydrogen-bond acceptors (Lipinski definition) is 6. The van der Waals surface area contributed by atoms with Crippen LogP contribution in [0, 0.1) is 0 Å². The van der Waals surface area contributed by atoms with Crippen LogP contribution in [0.4, 0.5) is 5.69 Å². The van der Waals surface area contributed by atoms with E-state index in [9.17, 15) is 9.59 Å². The van der Waals surface area contributed by atoms with Gasteiger partial charge in [0.1, 0.15) is 0 Å². The van der Waals surface area contributed by atoms with Gasteiger partial charge in [-0.05, 0) is 42.8 Å². The minimum atomic E-state index is -0.174. The van der Waals surface area contributed by atoms with Crippen LogP contribution in [0.3, 0.4) is 0 Å². The van der Waals surface area contributed by atoms with Gasteiger partial charge >= 0.3 is 0 Å². The third-order valence-electron chi connectivity index (χ3n) is 3.94. The predicted octanol–water partition coefficient (Wildman–Crippen LogP) is 2.84. The van der Waals surface area contributed by atoms with E-state index in [1.165, 1.54) is 0 Å². The molecule has 0 aliphatic rings. The van der Waals surface area contributed by atoms with Gasteiger partial charge in [-0.25, -0.2) is 0 Å². The van der Waals surface area contributed by atoms with Crippen LogP contribution in [0.25, 0.3) is 11.4 Å². The molecule has 0 saturated carbocycles. The molecule has 144 valence electrons. The molecule has 28 heavy (non-hydrogen) atoms. The maximum absolute atomic E-state index is 12.1. The highest BCUT2D eigenvalue weighted by Gasteiger charge is 2.11. The zero-order valence-corrected chi connectivity index (χ0v) is 15.5. The third kappa shape index (κ3) is 5.23. The molecule has 0 spiro atoms. The molecule has 1 aromatic carbocycles. The molecule has 0 aliphatic carbocycles. The van der Waals surface area contributed by atoms with Crippen molar-refractivity contribution >= 4 is 17.5 Å². The van der Waals surface area contributed by atoms with E-state index in [4.69, 9.17) is 4.52 Å². The molecule has 0 atom stereocenters. The molecule has 2 aromatic heterocycles. The Balaban J connectivity index is 1.49. The van der Waals surface area contributed by atoms with E-state index >= 15 is 0 Å². The summed E-state index contributed by atoms with van der Waals surface area (Å²) in [7, 11) is 0. The monoisotopic (exact) mass is 379 g/mol. The fourth-order valence-corrected chi connectivity index (χ4v) is 2.46. The molecule has 0 fully saturated rings. The van der Waals surface area contributed by atoms with Gasteiger partial charge in [0.05, 0.1) is 0 Å². The van der Waals surface area contributed by atoms with Crippen LogP contribution < -0.4 is 10.6 Å². The summed E-state index contributed by atoms with van der Waals surface area (Å²) in [6.07, 6.45) is 4.72. The number of hydrogen-bond donors (Lipinski definition) is 2. The number of nitrogens with one attached hydrogen (secondary N) is 2. The number of aromatic nitrogens is 3. The standard InChI is InChI=1S/C20H21N5O3/c1-2-11-22-20(27)15-3-5-16(6-4-15)23-17(26)7-8-18-24-19(25-28-18)14-9-12-21-13-10-14/h3-6,9-10,12-13H,2,7-8,11H2,1H3,(H,22,27)(H,23,26). The van der Waals surface area contributed by atoms with Crippen LogP contribution in [0.5, 0.6) is 0 Å². The van der Waals surface area contributed by atoms with Crippen molar-refractivity contribution in [3.63, 3.8) is 0 Å². The van der Waals surface area contributed by atoms with Crippen molar-refractivity contribution in [1.29, 1.82) is 0 Å². The molecule has 2 N–H and O–H groups in total. The van der Waals surface area contributed by atoms with Crippen LogP contribution in [-0.4, -0.2) is 33.5 Å². The summed E-state index contributed by atoms with van der Waals surface area (Å²) >= 11 is 0. The quantitative estimate of drug-likeness (QED) is 0.623. The van der Waals surface area contributed by atoms with E-state index < -0.39 is 0 Å². The second kappa shape index (κ2) is 9.40. The van der Waals surface area contributed by atoms with Gasteiger partial charge in [0.2, 0.25) is 17.6 Å². The maximum atomic E-state index is 12.1. The molecule has 0 unspecified atom stereocenters. The van der Waals surface area contributed by atoms with Crippen molar-refractivity contribution in [2.45, 2.75) is 26.2 Å². The summed E-state index contributed by atoms with van der Waals surface area (Å²) in [6, 6.07) is 10.3. The number of amides is 2. The molecule has 0 aliphatic heterocycles. The molecule has 2 heterocycles. The van der Waals surface area contributed by atoms with Gasteiger partial charge in [0.15, 0.2) is 0 Å². The highest BCUT2D eigenvalue weighted by atomic mass is 16.5. The smallest absolute Gasteiger partial charge is 0.251 e. The number of nitrogens with zero attached hydrogens (tertiary/aromatic N) is 3.